The van der Waals surface area contributed by atoms with Gasteiger partial charge in [0.2, 0.25) is 0 Å². The highest BCUT2D eigenvalue weighted by Crippen LogP contribution is 2.43. The molecule has 1 aromatic heterocycles. The number of rotatable bonds is 6. The van der Waals surface area contributed by atoms with Crippen LogP contribution >= 0.6 is 0 Å². The third-order valence-electron chi connectivity index (χ3n) is 10.8. The molecule has 0 unspecified atom stereocenters. The van der Waals surface area contributed by atoms with E-state index >= 15 is 0 Å². The summed E-state index contributed by atoms with van der Waals surface area (Å²) >= 11 is 0. The molecule has 0 atom stereocenters. The summed E-state index contributed by atoms with van der Waals surface area (Å²) in [6.07, 6.45) is 6.77. The quantitative estimate of drug-likeness (QED) is 0.125. The van der Waals surface area contributed by atoms with Crippen LogP contribution in [0.1, 0.15) is 18.1 Å². The van der Waals surface area contributed by atoms with Gasteiger partial charge < -0.3 is 4.42 Å². The van der Waals surface area contributed by atoms with E-state index in [1.165, 1.54) is 76.8 Å². The maximum atomic E-state index is 6.10. The van der Waals surface area contributed by atoms with Crippen molar-refractivity contribution in [1.29, 1.82) is 0 Å². The summed E-state index contributed by atoms with van der Waals surface area (Å²) in [7, 11) is 0. The molecule has 10 rings (SSSR count). The molecule has 10 aromatic rings. The lowest BCUT2D eigenvalue weighted by Crippen LogP contribution is -1.93. The second kappa shape index (κ2) is 13.2. The Morgan fingerprint density at radius 2 is 0.981 bits per heavy atom. The van der Waals surface area contributed by atoms with Crippen molar-refractivity contribution in [3.63, 3.8) is 0 Å². The smallest absolute Gasteiger partial charge is 0.135 e. The van der Waals surface area contributed by atoms with E-state index in [4.69, 9.17) is 4.42 Å². The van der Waals surface area contributed by atoms with Gasteiger partial charge >= 0.3 is 0 Å². The van der Waals surface area contributed by atoms with Crippen LogP contribution in [0.25, 0.3) is 99.3 Å². The SMILES string of the molecule is C/C=C(\C=C/c1cccc(-c2ccc3oc4ccccc4c3c2)c1)c1c2ccccc2c(-c2cccc(-c3ccc4ccccc4c3)c2)c2ccccc12. The number of hydrogen-bond acceptors (Lipinski definition) is 1. The van der Waals surface area contributed by atoms with E-state index < -0.39 is 0 Å². The van der Waals surface area contributed by atoms with Gasteiger partial charge in [0.15, 0.2) is 0 Å². The molecule has 0 bridgehead atoms. The van der Waals surface area contributed by atoms with Crippen molar-refractivity contribution in [2.24, 2.45) is 0 Å². The molecule has 0 aliphatic heterocycles. The van der Waals surface area contributed by atoms with Gasteiger partial charge in [-0.15, -0.1) is 0 Å². The fourth-order valence-electron chi connectivity index (χ4n) is 8.21. The van der Waals surface area contributed by atoms with Crippen LogP contribution in [0.4, 0.5) is 0 Å². The zero-order valence-electron chi connectivity index (χ0n) is 30.0. The van der Waals surface area contributed by atoms with Gasteiger partial charge in [0, 0.05) is 10.8 Å². The highest BCUT2D eigenvalue weighted by molar-refractivity contribution is 6.19. The molecular weight excluding hydrogens is 653 g/mol. The van der Waals surface area contributed by atoms with Gasteiger partial charge in [-0.3, -0.25) is 0 Å². The molecule has 54 heavy (non-hydrogen) atoms. The van der Waals surface area contributed by atoms with Crippen molar-refractivity contribution in [3.8, 4) is 33.4 Å². The predicted octanol–water partition coefficient (Wildman–Crippen LogP) is 15.2. The molecular formula is C53H36O. The molecule has 1 heteroatoms. The summed E-state index contributed by atoms with van der Waals surface area (Å²) in [6.45, 7) is 2.14. The monoisotopic (exact) mass is 688 g/mol. The Kier molecular flexibility index (Phi) is 7.78. The van der Waals surface area contributed by atoms with Gasteiger partial charge in [-0.25, -0.2) is 0 Å². The maximum absolute atomic E-state index is 6.10. The molecule has 254 valence electrons. The second-order valence-corrected chi connectivity index (χ2v) is 14.0. The van der Waals surface area contributed by atoms with Crippen LogP contribution in [0, 0.1) is 0 Å². The number of benzene rings is 9. The Bertz CT molecular complexity index is 3060. The molecule has 0 aliphatic rings. The van der Waals surface area contributed by atoms with Crippen LogP contribution in [-0.2, 0) is 0 Å². The fraction of sp³-hybridized carbons (Fsp3) is 0.0189. The molecule has 0 saturated heterocycles. The molecule has 0 aliphatic carbocycles. The highest BCUT2D eigenvalue weighted by atomic mass is 16.3. The largest absolute Gasteiger partial charge is 0.456 e. The number of para-hydroxylation sites is 1. The average molecular weight is 689 g/mol. The van der Waals surface area contributed by atoms with Crippen molar-refractivity contribution in [3.05, 3.63) is 205 Å². The lowest BCUT2D eigenvalue weighted by Gasteiger charge is -2.18. The topological polar surface area (TPSA) is 13.1 Å². The Balaban J connectivity index is 1.06. The van der Waals surface area contributed by atoms with Crippen molar-refractivity contribution in [2.75, 3.05) is 0 Å². The molecule has 0 spiro atoms. The van der Waals surface area contributed by atoms with Crippen LogP contribution in [0.3, 0.4) is 0 Å². The number of fused-ring (bicyclic) bond motifs is 6. The summed E-state index contributed by atoms with van der Waals surface area (Å²) in [5.74, 6) is 0. The summed E-state index contributed by atoms with van der Waals surface area (Å²) < 4.78 is 6.10. The lowest BCUT2D eigenvalue weighted by atomic mass is 9.85. The minimum atomic E-state index is 0.914. The first-order valence-corrected chi connectivity index (χ1v) is 18.6. The normalized spacial score (nSPS) is 12.2. The van der Waals surface area contributed by atoms with Gasteiger partial charge in [-0.05, 0) is 126 Å². The first kappa shape index (κ1) is 31.7. The minimum absolute atomic E-state index is 0.914. The first-order chi connectivity index (χ1) is 26.7. The Hall–Kier alpha value is -6.96. The van der Waals surface area contributed by atoms with Crippen LogP contribution in [-0.4, -0.2) is 0 Å². The third-order valence-corrected chi connectivity index (χ3v) is 10.8. The standard InChI is InChI=1S/C53H36O/c1-2-36(26-25-35-13-11-16-38(31-35)42-29-30-51-49(34-42)44-19-9-10-24-50(44)54-51)52-45-20-5-7-22-47(45)53(48-23-8-6-21-46(48)52)43-18-12-17-40(33-43)41-28-27-37-14-3-4-15-39(37)32-41/h2-34H,1H3/b26-25-,36-2+. The minimum Gasteiger partial charge on any atom is -0.456 e. The van der Waals surface area contributed by atoms with Crippen LogP contribution in [0.15, 0.2) is 199 Å². The van der Waals surface area contributed by atoms with E-state index in [1.54, 1.807) is 0 Å². The molecule has 9 aromatic carbocycles. The fourth-order valence-corrected chi connectivity index (χ4v) is 8.21. The van der Waals surface area contributed by atoms with E-state index in [0.29, 0.717) is 0 Å². The van der Waals surface area contributed by atoms with E-state index in [2.05, 4.69) is 195 Å². The summed E-state index contributed by atoms with van der Waals surface area (Å²) in [6, 6.07) is 65.7. The molecule has 0 radical (unpaired) electrons. The summed E-state index contributed by atoms with van der Waals surface area (Å²) in [5.41, 5.74) is 12.7. The highest BCUT2D eigenvalue weighted by Gasteiger charge is 2.17. The molecule has 1 heterocycles. The number of hydrogen-bond donors (Lipinski definition) is 0. The second-order valence-electron chi connectivity index (χ2n) is 14.0. The van der Waals surface area contributed by atoms with Gasteiger partial charge in [-0.2, -0.15) is 0 Å². The lowest BCUT2D eigenvalue weighted by molar-refractivity contribution is 0.669. The van der Waals surface area contributed by atoms with Crippen LogP contribution in [0.2, 0.25) is 0 Å². The van der Waals surface area contributed by atoms with E-state index in [0.717, 1.165) is 27.5 Å². The average Bonchev–Trinajstić information content (AvgIpc) is 3.61. The maximum Gasteiger partial charge on any atom is 0.135 e. The molecule has 0 saturated carbocycles. The van der Waals surface area contributed by atoms with E-state index in [-0.39, 0.29) is 0 Å². The van der Waals surface area contributed by atoms with E-state index in [9.17, 15) is 0 Å². The van der Waals surface area contributed by atoms with Crippen molar-refractivity contribution in [1.82, 2.24) is 0 Å². The van der Waals surface area contributed by atoms with Crippen LogP contribution < -0.4 is 0 Å². The van der Waals surface area contributed by atoms with Gasteiger partial charge in [0.25, 0.3) is 0 Å². The molecule has 0 fully saturated rings. The number of furan rings is 1. The Morgan fingerprint density at radius 3 is 1.76 bits per heavy atom. The number of allylic oxidation sites excluding steroid dienone is 3. The molecule has 1 nitrogen and oxygen atoms in total. The molecule has 0 N–H and O–H groups in total. The summed E-state index contributed by atoms with van der Waals surface area (Å²) in [5, 5.41) is 9.78. The van der Waals surface area contributed by atoms with Crippen LogP contribution in [0.5, 0.6) is 0 Å². The van der Waals surface area contributed by atoms with Gasteiger partial charge in [0.05, 0.1) is 0 Å². The van der Waals surface area contributed by atoms with Gasteiger partial charge in [-0.1, -0.05) is 164 Å². The van der Waals surface area contributed by atoms with Crippen molar-refractivity contribution < 1.29 is 4.42 Å². The van der Waals surface area contributed by atoms with Crippen molar-refractivity contribution in [2.45, 2.75) is 6.92 Å². The predicted molar refractivity (Wildman–Crippen MR) is 232 cm³/mol. The Morgan fingerprint density at radius 1 is 0.407 bits per heavy atom. The first-order valence-electron chi connectivity index (χ1n) is 18.6. The summed E-state index contributed by atoms with van der Waals surface area (Å²) in [4.78, 5) is 0. The van der Waals surface area contributed by atoms with Crippen molar-refractivity contribution >= 4 is 65.9 Å². The van der Waals surface area contributed by atoms with Gasteiger partial charge in [0.1, 0.15) is 11.2 Å². The zero-order valence-corrected chi connectivity index (χ0v) is 30.0. The molecule has 0 amide bonds. The zero-order chi connectivity index (χ0) is 36.0. The Labute approximate surface area is 314 Å². The van der Waals surface area contributed by atoms with E-state index in [1.807, 2.05) is 12.1 Å². The third kappa shape index (κ3) is 5.50.